The molecule has 0 saturated heterocycles. The largest absolute Gasteiger partial charge is 0.389 e. The Balaban J connectivity index is 2.49. The predicted octanol–water partition coefficient (Wildman–Crippen LogP) is 2.32. The van der Waals surface area contributed by atoms with Gasteiger partial charge < -0.3 is 5.11 Å². The van der Waals surface area contributed by atoms with E-state index in [4.69, 9.17) is 5.11 Å². The van der Waals surface area contributed by atoms with Crippen LogP contribution in [0.5, 0.6) is 0 Å². The normalized spacial score (nSPS) is 27.9. The second-order valence-electron chi connectivity index (χ2n) is 4.30. The summed E-state index contributed by atoms with van der Waals surface area (Å²) >= 11 is 0. The molecule has 0 radical (unpaired) electrons. The van der Waals surface area contributed by atoms with Crippen molar-refractivity contribution in [3.05, 3.63) is 12.2 Å². The standard InChI is InChI=1S/C12H20O2/c1-9(7-8-10(2)13)11-5-3-4-6-12(11)14/h7-11,13H,3-6H2,1-2H3. The van der Waals surface area contributed by atoms with E-state index >= 15 is 0 Å². The Labute approximate surface area is 86.0 Å². The molecule has 1 N–H and O–H groups in total. The van der Waals surface area contributed by atoms with Gasteiger partial charge in [-0.25, -0.2) is 0 Å². The van der Waals surface area contributed by atoms with Gasteiger partial charge in [0.15, 0.2) is 0 Å². The van der Waals surface area contributed by atoms with E-state index in [0.29, 0.717) is 5.78 Å². The number of ketones is 1. The lowest BCUT2D eigenvalue weighted by atomic mass is 9.79. The molecule has 1 aliphatic rings. The lowest BCUT2D eigenvalue weighted by Crippen LogP contribution is -2.24. The zero-order chi connectivity index (χ0) is 10.6. The van der Waals surface area contributed by atoms with Crippen molar-refractivity contribution < 1.29 is 9.90 Å². The number of carbonyl (C=O) groups is 1. The molecule has 1 aliphatic carbocycles. The molecule has 0 aromatic heterocycles. The number of Topliss-reactive ketones (excluding diaryl/α,β-unsaturated/α-hetero) is 1. The van der Waals surface area contributed by atoms with Gasteiger partial charge in [0, 0.05) is 12.3 Å². The van der Waals surface area contributed by atoms with Crippen LogP contribution < -0.4 is 0 Å². The Hall–Kier alpha value is -0.630. The summed E-state index contributed by atoms with van der Waals surface area (Å²) in [5.41, 5.74) is 0. The average molecular weight is 196 g/mol. The summed E-state index contributed by atoms with van der Waals surface area (Å²) < 4.78 is 0. The van der Waals surface area contributed by atoms with Crippen LogP contribution in [-0.4, -0.2) is 17.0 Å². The zero-order valence-electron chi connectivity index (χ0n) is 9.07. The quantitative estimate of drug-likeness (QED) is 0.703. The second kappa shape index (κ2) is 5.30. The topological polar surface area (TPSA) is 37.3 Å². The van der Waals surface area contributed by atoms with E-state index in [2.05, 4.69) is 6.92 Å². The molecule has 1 rings (SSSR count). The molecule has 0 aromatic rings. The number of hydrogen-bond donors (Lipinski definition) is 1. The molecule has 1 saturated carbocycles. The number of rotatable bonds is 3. The Morgan fingerprint density at radius 1 is 1.36 bits per heavy atom. The van der Waals surface area contributed by atoms with Gasteiger partial charge in [-0.15, -0.1) is 0 Å². The van der Waals surface area contributed by atoms with Gasteiger partial charge >= 0.3 is 0 Å². The van der Waals surface area contributed by atoms with E-state index in [0.717, 1.165) is 19.3 Å². The van der Waals surface area contributed by atoms with E-state index in [9.17, 15) is 4.79 Å². The minimum absolute atomic E-state index is 0.193. The van der Waals surface area contributed by atoms with Crippen LogP contribution in [0.2, 0.25) is 0 Å². The van der Waals surface area contributed by atoms with Crippen LogP contribution in [0.1, 0.15) is 39.5 Å². The third-order valence-electron chi connectivity index (χ3n) is 2.93. The first-order valence-electron chi connectivity index (χ1n) is 5.50. The maximum Gasteiger partial charge on any atom is 0.136 e. The highest BCUT2D eigenvalue weighted by Crippen LogP contribution is 2.27. The summed E-state index contributed by atoms with van der Waals surface area (Å²) in [7, 11) is 0. The van der Waals surface area contributed by atoms with Gasteiger partial charge in [0.05, 0.1) is 6.10 Å². The molecule has 3 atom stereocenters. The molecule has 0 aromatic carbocycles. The number of aliphatic hydroxyl groups excluding tert-OH is 1. The molecule has 2 heteroatoms. The molecule has 1 fully saturated rings. The summed E-state index contributed by atoms with van der Waals surface area (Å²) in [6, 6.07) is 0. The van der Waals surface area contributed by atoms with Crippen molar-refractivity contribution in [2.75, 3.05) is 0 Å². The Bertz CT molecular complexity index is 218. The fraction of sp³-hybridized carbons (Fsp3) is 0.750. The lowest BCUT2D eigenvalue weighted by Gasteiger charge is -2.24. The lowest BCUT2D eigenvalue weighted by molar-refractivity contribution is -0.125. The van der Waals surface area contributed by atoms with Crippen LogP contribution in [0.25, 0.3) is 0 Å². The van der Waals surface area contributed by atoms with Crippen LogP contribution >= 0.6 is 0 Å². The van der Waals surface area contributed by atoms with E-state index in [-0.39, 0.29) is 11.8 Å². The molecule has 0 heterocycles. The third kappa shape index (κ3) is 3.26. The fourth-order valence-corrected chi connectivity index (χ4v) is 2.04. The first-order valence-corrected chi connectivity index (χ1v) is 5.50. The van der Waals surface area contributed by atoms with Crippen LogP contribution in [0.3, 0.4) is 0 Å². The van der Waals surface area contributed by atoms with Crippen molar-refractivity contribution in [1.29, 1.82) is 0 Å². The van der Waals surface area contributed by atoms with Gasteiger partial charge in [-0.05, 0) is 25.7 Å². The molecule has 80 valence electrons. The fourth-order valence-electron chi connectivity index (χ4n) is 2.04. The van der Waals surface area contributed by atoms with Crippen molar-refractivity contribution in [2.45, 2.75) is 45.6 Å². The van der Waals surface area contributed by atoms with Crippen LogP contribution in [0.4, 0.5) is 0 Å². The smallest absolute Gasteiger partial charge is 0.136 e. The van der Waals surface area contributed by atoms with Crippen LogP contribution in [-0.2, 0) is 4.79 Å². The highest BCUT2D eigenvalue weighted by molar-refractivity contribution is 5.82. The second-order valence-corrected chi connectivity index (χ2v) is 4.30. The highest BCUT2D eigenvalue weighted by atomic mass is 16.3. The maximum absolute atomic E-state index is 11.6. The molecule has 0 aliphatic heterocycles. The summed E-state index contributed by atoms with van der Waals surface area (Å²) in [5, 5.41) is 9.09. The number of carbonyl (C=O) groups excluding carboxylic acids is 1. The molecule has 0 bridgehead atoms. The Morgan fingerprint density at radius 2 is 2.07 bits per heavy atom. The molecule has 3 unspecified atom stereocenters. The van der Waals surface area contributed by atoms with Crippen molar-refractivity contribution in [1.82, 2.24) is 0 Å². The van der Waals surface area contributed by atoms with Crippen molar-refractivity contribution in [2.24, 2.45) is 11.8 Å². The molecular weight excluding hydrogens is 176 g/mol. The number of allylic oxidation sites excluding steroid dienone is 1. The van der Waals surface area contributed by atoms with Gasteiger partial charge in [-0.1, -0.05) is 25.5 Å². The summed E-state index contributed by atoms with van der Waals surface area (Å²) in [4.78, 5) is 11.6. The van der Waals surface area contributed by atoms with E-state index in [1.165, 1.54) is 6.42 Å². The van der Waals surface area contributed by atoms with Gasteiger partial charge in [-0.2, -0.15) is 0 Å². The molecule has 2 nitrogen and oxygen atoms in total. The molecular formula is C12H20O2. The van der Waals surface area contributed by atoms with Crippen molar-refractivity contribution in [3.63, 3.8) is 0 Å². The predicted molar refractivity (Wildman–Crippen MR) is 56.9 cm³/mol. The summed E-state index contributed by atoms with van der Waals surface area (Å²) in [6.07, 6.45) is 7.33. The SMILES string of the molecule is CC(O)C=CC(C)C1CCCCC1=O. The summed E-state index contributed by atoms with van der Waals surface area (Å²) in [6.45, 7) is 3.79. The zero-order valence-corrected chi connectivity index (χ0v) is 9.07. The monoisotopic (exact) mass is 196 g/mol. The van der Waals surface area contributed by atoms with Gasteiger partial charge in [0.25, 0.3) is 0 Å². The first kappa shape index (κ1) is 11.4. The third-order valence-corrected chi connectivity index (χ3v) is 2.93. The highest BCUT2D eigenvalue weighted by Gasteiger charge is 2.25. The van der Waals surface area contributed by atoms with Crippen molar-refractivity contribution >= 4 is 5.78 Å². The minimum Gasteiger partial charge on any atom is -0.389 e. The van der Waals surface area contributed by atoms with Gasteiger partial charge in [-0.3, -0.25) is 4.79 Å². The van der Waals surface area contributed by atoms with Crippen molar-refractivity contribution in [3.8, 4) is 0 Å². The molecule has 0 amide bonds. The minimum atomic E-state index is -0.406. The Kier molecular flexibility index (Phi) is 4.33. The summed E-state index contributed by atoms with van der Waals surface area (Å²) in [5.74, 6) is 0.871. The Morgan fingerprint density at radius 3 is 2.64 bits per heavy atom. The van der Waals surface area contributed by atoms with Crippen LogP contribution in [0, 0.1) is 11.8 Å². The van der Waals surface area contributed by atoms with Gasteiger partial charge in [0.2, 0.25) is 0 Å². The number of aliphatic hydroxyl groups is 1. The number of hydrogen-bond acceptors (Lipinski definition) is 2. The van der Waals surface area contributed by atoms with E-state index < -0.39 is 6.10 Å². The molecule has 14 heavy (non-hydrogen) atoms. The van der Waals surface area contributed by atoms with E-state index in [1.807, 2.05) is 6.08 Å². The average Bonchev–Trinajstić information content (AvgIpc) is 2.15. The van der Waals surface area contributed by atoms with E-state index in [1.54, 1.807) is 13.0 Å². The first-order chi connectivity index (χ1) is 6.61. The van der Waals surface area contributed by atoms with Crippen LogP contribution in [0.15, 0.2) is 12.2 Å². The maximum atomic E-state index is 11.6. The molecule has 0 spiro atoms. The van der Waals surface area contributed by atoms with Gasteiger partial charge in [0.1, 0.15) is 5.78 Å².